The smallest absolute Gasteiger partial charge is 0.335 e. The first-order valence-electron chi connectivity index (χ1n) is 7.01. The molecule has 0 atom stereocenters. The van der Waals surface area contributed by atoms with Crippen LogP contribution in [0.15, 0.2) is 48.5 Å². The Hall–Kier alpha value is -3.13. The quantitative estimate of drug-likeness (QED) is 0.849. The number of ether oxygens (including phenoxy) is 1. The minimum atomic E-state index is -1.02. The second-order valence-electron chi connectivity index (χ2n) is 4.99. The number of carbonyl (C=O) groups is 2. The van der Waals surface area contributed by atoms with E-state index in [1.54, 1.807) is 36.4 Å². The van der Waals surface area contributed by atoms with E-state index in [1.807, 2.05) is 0 Å². The van der Waals surface area contributed by atoms with Gasteiger partial charge in [0.05, 0.1) is 18.1 Å². The first-order chi connectivity index (χ1) is 11.1. The summed E-state index contributed by atoms with van der Waals surface area (Å²) in [7, 11) is 0. The van der Waals surface area contributed by atoms with Gasteiger partial charge in [0, 0.05) is 6.42 Å². The van der Waals surface area contributed by atoms with Crippen molar-refractivity contribution in [1.29, 1.82) is 5.26 Å². The molecular formula is C18H15NO4. The summed E-state index contributed by atoms with van der Waals surface area (Å²) in [4.78, 5) is 22.8. The van der Waals surface area contributed by atoms with Crippen LogP contribution in [-0.4, -0.2) is 23.5 Å². The number of rotatable bonds is 7. The summed E-state index contributed by atoms with van der Waals surface area (Å²) in [5.74, 6) is -0.610. The SMILES string of the molecule is N#CCc1ccc(OCC(=O)Cc2cccc(C(=O)O)c2)cc1. The van der Waals surface area contributed by atoms with E-state index < -0.39 is 5.97 Å². The summed E-state index contributed by atoms with van der Waals surface area (Å²) in [5.41, 5.74) is 1.68. The molecule has 0 aliphatic rings. The van der Waals surface area contributed by atoms with Crippen molar-refractivity contribution in [3.8, 4) is 11.8 Å². The molecule has 0 aliphatic carbocycles. The molecular weight excluding hydrogens is 294 g/mol. The fraction of sp³-hybridized carbons (Fsp3) is 0.167. The summed E-state index contributed by atoms with van der Waals surface area (Å²) in [6, 6.07) is 15.3. The lowest BCUT2D eigenvalue weighted by molar-refractivity contribution is -0.120. The molecule has 0 unspecified atom stereocenters. The fourth-order valence-electron chi connectivity index (χ4n) is 2.05. The van der Waals surface area contributed by atoms with Crippen molar-refractivity contribution >= 4 is 11.8 Å². The Morgan fingerprint density at radius 3 is 2.48 bits per heavy atom. The highest BCUT2D eigenvalue weighted by atomic mass is 16.5. The maximum Gasteiger partial charge on any atom is 0.335 e. The number of benzene rings is 2. The zero-order valence-corrected chi connectivity index (χ0v) is 12.4. The molecule has 0 amide bonds. The van der Waals surface area contributed by atoms with E-state index in [2.05, 4.69) is 6.07 Å². The van der Waals surface area contributed by atoms with Crippen LogP contribution in [-0.2, 0) is 17.6 Å². The van der Waals surface area contributed by atoms with Crippen LogP contribution >= 0.6 is 0 Å². The van der Waals surface area contributed by atoms with Crippen molar-refractivity contribution in [2.45, 2.75) is 12.8 Å². The molecule has 2 rings (SSSR count). The Bertz CT molecular complexity index is 744. The summed E-state index contributed by atoms with van der Waals surface area (Å²) >= 11 is 0. The van der Waals surface area contributed by atoms with Crippen molar-refractivity contribution in [1.82, 2.24) is 0 Å². The molecule has 116 valence electrons. The number of Topliss-reactive ketones (excluding diaryl/α,β-unsaturated/α-hetero) is 1. The highest BCUT2D eigenvalue weighted by Gasteiger charge is 2.08. The van der Waals surface area contributed by atoms with Gasteiger partial charge in [-0.15, -0.1) is 0 Å². The maximum atomic E-state index is 11.9. The number of ketones is 1. The zero-order valence-electron chi connectivity index (χ0n) is 12.4. The standard InChI is InChI=1S/C18H15NO4/c19-9-8-13-4-6-17(7-5-13)23-12-16(20)11-14-2-1-3-15(10-14)18(21)22/h1-7,10H,8,11-12H2,(H,21,22). The van der Waals surface area contributed by atoms with Gasteiger partial charge in [0.15, 0.2) is 5.78 Å². The third kappa shape index (κ3) is 4.97. The number of hydrogen-bond acceptors (Lipinski definition) is 4. The average Bonchev–Trinajstić information content (AvgIpc) is 2.55. The van der Waals surface area contributed by atoms with Crippen LogP contribution in [0.25, 0.3) is 0 Å². The van der Waals surface area contributed by atoms with Gasteiger partial charge in [0.1, 0.15) is 12.4 Å². The molecule has 0 saturated heterocycles. The van der Waals surface area contributed by atoms with E-state index >= 15 is 0 Å². The molecule has 5 heteroatoms. The van der Waals surface area contributed by atoms with E-state index in [0.29, 0.717) is 17.7 Å². The highest BCUT2D eigenvalue weighted by molar-refractivity contribution is 5.88. The van der Waals surface area contributed by atoms with Crippen LogP contribution in [0.5, 0.6) is 5.75 Å². The zero-order chi connectivity index (χ0) is 16.7. The lowest BCUT2D eigenvalue weighted by Crippen LogP contribution is -2.14. The van der Waals surface area contributed by atoms with Gasteiger partial charge in [-0.3, -0.25) is 4.79 Å². The van der Waals surface area contributed by atoms with Crippen molar-refractivity contribution < 1.29 is 19.4 Å². The van der Waals surface area contributed by atoms with Crippen molar-refractivity contribution in [3.63, 3.8) is 0 Å². The van der Waals surface area contributed by atoms with Gasteiger partial charge in [-0.2, -0.15) is 5.26 Å². The first kappa shape index (κ1) is 16.2. The van der Waals surface area contributed by atoms with Crippen molar-refractivity contribution in [2.24, 2.45) is 0 Å². The van der Waals surface area contributed by atoms with Gasteiger partial charge < -0.3 is 9.84 Å². The topological polar surface area (TPSA) is 87.4 Å². The average molecular weight is 309 g/mol. The molecule has 0 aromatic heterocycles. The highest BCUT2D eigenvalue weighted by Crippen LogP contribution is 2.13. The number of carboxylic acid groups (broad SMARTS) is 1. The van der Waals surface area contributed by atoms with E-state index in [4.69, 9.17) is 15.1 Å². The first-order valence-corrected chi connectivity index (χ1v) is 7.01. The number of nitriles is 1. The Balaban J connectivity index is 1.89. The number of carboxylic acids is 1. The van der Waals surface area contributed by atoms with Crippen LogP contribution < -0.4 is 4.74 Å². The largest absolute Gasteiger partial charge is 0.486 e. The predicted octanol–water partition coefficient (Wildman–Crippen LogP) is 2.64. The van der Waals surface area contributed by atoms with E-state index in [1.165, 1.54) is 12.1 Å². The Morgan fingerprint density at radius 2 is 1.83 bits per heavy atom. The van der Waals surface area contributed by atoms with Gasteiger partial charge in [-0.05, 0) is 35.4 Å². The molecule has 0 heterocycles. The van der Waals surface area contributed by atoms with Gasteiger partial charge >= 0.3 is 5.97 Å². The molecule has 5 nitrogen and oxygen atoms in total. The minimum Gasteiger partial charge on any atom is -0.486 e. The molecule has 23 heavy (non-hydrogen) atoms. The number of aromatic carboxylic acids is 1. The predicted molar refractivity (Wildman–Crippen MR) is 83.4 cm³/mol. The molecule has 2 aromatic rings. The maximum absolute atomic E-state index is 11.9. The van der Waals surface area contributed by atoms with E-state index in [9.17, 15) is 9.59 Å². The molecule has 0 radical (unpaired) electrons. The second kappa shape index (κ2) is 7.76. The molecule has 1 N–H and O–H groups in total. The lowest BCUT2D eigenvalue weighted by Gasteiger charge is -2.06. The normalized spacial score (nSPS) is 9.87. The molecule has 0 spiro atoms. The summed E-state index contributed by atoms with van der Waals surface area (Å²) in [5, 5.41) is 17.5. The van der Waals surface area contributed by atoms with E-state index in [0.717, 1.165) is 5.56 Å². The number of hydrogen-bond donors (Lipinski definition) is 1. The van der Waals surface area contributed by atoms with Crippen LogP contribution in [0.1, 0.15) is 21.5 Å². The Kier molecular flexibility index (Phi) is 5.48. The van der Waals surface area contributed by atoms with Crippen LogP contribution in [0, 0.1) is 11.3 Å². The summed E-state index contributed by atoms with van der Waals surface area (Å²) in [6.07, 6.45) is 0.451. The molecule has 0 aliphatic heterocycles. The number of carbonyl (C=O) groups excluding carboxylic acids is 1. The summed E-state index contributed by atoms with van der Waals surface area (Å²) in [6.45, 7) is -0.0884. The summed E-state index contributed by atoms with van der Waals surface area (Å²) < 4.78 is 5.40. The van der Waals surface area contributed by atoms with Gasteiger partial charge in [-0.25, -0.2) is 4.79 Å². The third-order valence-electron chi connectivity index (χ3n) is 3.18. The van der Waals surface area contributed by atoms with Crippen LogP contribution in [0.3, 0.4) is 0 Å². The number of nitrogens with zero attached hydrogens (tertiary/aromatic N) is 1. The molecule has 0 fully saturated rings. The third-order valence-corrected chi connectivity index (χ3v) is 3.18. The second-order valence-corrected chi connectivity index (χ2v) is 4.99. The van der Waals surface area contributed by atoms with Gasteiger partial charge in [-0.1, -0.05) is 24.3 Å². The molecule has 0 saturated carbocycles. The Labute approximate surface area is 133 Å². The molecule has 2 aromatic carbocycles. The van der Waals surface area contributed by atoms with Gasteiger partial charge in [0.25, 0.3) is 0 Å². The van der Waals surface area contributed by atoms with E-state index in [-0.39, 0.29) is 24.4 Å². The fourth-order valence-corrected chi connectivity index (χ4v) is 2.05. The van der Waals surface area contributed by atoms with Crippen LogP contribution in [0.2, 0.25) is 0 Å². The van der Waals surface area contributed by atoms with Crippen molar-refractivity contribution in [3.05, 3.63) is 65.2 Å². The van der Waals surface area contributed by atoms with Gasteiger partial charge in [0.2, 0.25) is 0 Å². The minimum absolute atomic E-state index is 0.0884. The van der Waals surface area contributed by atoms with Crippen molar-refractivity contribution in [2.75, 3.05) is 6.61 Å². The Morgan fingerprint density at radius 1 is 1.09 bits per heavy atom. The lowest BCUT2D eigenvalue weighted by atomic mass is 10.1. The van der Waals surface area contributed by atoms with Crippen LogP contribution in [0.4, 0.5) is 0 Å². The monoisotopic (exact) mass is 309 g/mol. The molecule has 0 bridgehead atoms.